The summed E-state index contributed by atoms with van der Waals surface area (Å²) in [6.45, 7) is 3.01. The van der Waals surface area contributed by atoms with Gasteiger partial charge in [-0.3, -0.25) is 10.4 Å². The van der Waals surface area contributed by atoms with Gasteiger partial charge in [0.15, 0.2) is 5.11 Å². The molecule has 8 heteroatoms. The summed E-state index contributed by atoms with van der Waals surface area (Å²) in [5, 5.41) is 7.58. The SMILES string of the molecule is CCCCNC(=S)NN=Cc1ccccn1.[Cl][Cu][Cl]. The first kappa shape index (κ1) is 18.6. The number of thiocarbonyl (C=S) groups is 1. The van der Waals surface area contributed by atoms with Crippen LogP contribution in [0.4, 0.5) is 0 Å². The summed E-state index contributed by atoms with van der Waals surface area (Å²) < 4.78 is 0. The summed E-state index contributed by atoms with van der Waals surface area (Å²) in [6.07, 6.45) is 5.60. The Balaban J connectivity index is 0.000000982. The van der Waals surface area contributed by atoms with Gasteiger partial charge in [0.2, 0.25) is 0 Å². The van der Waals surface area contributed by atoms with E-state index in [-0.39, 0.29) is 0 Å². The summed E-state index contributed by atoms with van der Waals surface area (Å²) in [5.74, 6) is 0. The molecule has 0 bridgehead atoms. The van der Waals surface area contributed by atoms with Crippen molar-refractivity contribution in [1.29, 1.82) is 0 Å². The van der Waals surface area contributed by atoms with Crippen molar-refractivity contribution in [2.24, 2.45) is 5.10 Å². The van der Waals surface area contributed by atoms with Crippen LogP contribution in [-0.4, -0.2) is 22.9 Å². The molecular weight excluding hydrogens is 355 g/mol. The molecule has 0 aliphatic carbocycles. The van der Waals surface area contributed by atoms with E-state index in [1.165, 1.54) is 0 Å². The summed E-state index contributed by atoms with van der Waals surface area (Å²) >= 11 is 5.78. The van der Waals surface area contributed by atoms with Gasteiger partial charge in [-0.05, 0) is 30.8 Å². The van der Waals surface area contributed by atoms with Crippen LogP contribution in [0.3, 0.4) is 0 Å². The quantitative estimate of drug-likeness (QED) is 0.275. The molecule has 0 atom stereocenters. The van der Waals surface area contributed by atoms with Crippen LogP contribution in [0, 0.1) is 0 Å². The molecule has 1 rings (SSSR count). The first-order valence-electron chi connectivity index (χ1n) is 5.53. The maximum absolute atomic E-state index is 5.03. The number of hydrazone groups is 1. The van der Waals surface area contributed by atoms with E-state index >= 15 is 0 Å². The molecule has 1 aromatic heterocycles. The molecule has 4 nitrogen and oxygen atoms in total. The van der Waals surface area contributed by atoms with Gasteiger partial charge in [-0.25, -0.2) is 0 Å². The second kappa shape index (κ2) is 14.0. The van der Waals surface area contributed by atoms with Crippen LogP contribution in [0.1, 0.15) is 25.5 Å². The number of aromatic nitrogens is 1. The molecule has 111 valence electrons. The molecule has 0 saturated heterocycles. The van der Waals surface area contributed by atoms with Gasteiger partial charge in [-0.15, -0.1) is 0 Å². The molecule has 0 spiro atoms. The maximum atomic E-state index is 5.03. The van der Waals surface area contributed by atoms with Crippen molar-refractivity contribution in [2.45, 2.75) is 19.8 Å². The number of hydrogen-bond donors (Lipinski definition) is 2. The van der Waals surface area contributed by atoms with Crippen LogP contribution in [0.2, 0.25) is 0 Å². The van der Waals surface area contributed by atoms with Gasteiger partial charge in [-0.2, -0.15) is 5.10 Å². The Morgan fingerprint density at radius 1 is 1.53 bits per heavy atom. The van der Waals surface area contributed by atoms with Gasteiger partial charge in [0.25, 0.3) is 0 Å². The Labute approximate surface area is 134 Å². The molecule has 0 saturated carbocycles. The van der Waals surface area contributed by atoms with Crippen LogP contribution < -0.4 is 10.7 Å². The Kier molecular flexibility index (Phi) is 13.7. The van der Waals surface area contributed by atoms with Crippen LogP contribution in [-0.2, 0) is 13.1 Å². The van der Waals surface area contributed by atoms with Crippen LogP contribution in [0.25, 0.3) is 0 Å². The van der Waals surface area contributed by atoms with Crippen LogP contribution >= 0.6 is 32.4 Å². The molecule has 0 fully saturated rings. The van der Waals surface area contributed by atoms with Gasteiger partial charge < -0.3 is 5.32 Å². The standard InChI is InChI=1S/C11H16N4S.2ClH.Cu/c1-2-3-7-13-11(16)15-14-9-10-6-4-5-8-12-10;;;/h4-6,8-9H,2-3,7H2,1H3,(H2,13,15,16);2*1H;/q;;;+2/p-2. The first-order chi connectivity index (χ1) is 9.24. The normalized spacial score (nSPS) is 9.84. The second-order valence-electron chi connectivity index (χ2n) is 3.28. The van der Waals surface area contributed by atoms with E-state index in [0.29, 0.717) is 5.11 Å². The van der Waals surface area contributed by atoms with Crippen molar-refractivity contribution >= 4 is 43.7 Å². The molecule has 0 unspecified atom stereocenters. The summed E-state index contributed by atoms with van der Waals surface area (Å²) in [5.41, 5.74) is 3.54. The molecule has 2 N–H and O–H groups in total. The molecular formula is C11H16Cl2CuN4S. The first-order valence-corrected chi connectivity index (χ1v) is 8.53. The Bertz CT molecular complexity index is 365. The Morgan fingerprint density at radius 2 is 2.26 bits per heavy atom. The molecule has 0 aliphatic heterocycles. The number of hydrogen-bond acceptors (Lipinski definition) is 3. The summed E-state index contributed by atoms with van der Waals surface area (Å²) in [4.78, 5) is 4.10. The average molecular weight is 371 g/mol. The van der Waals surface area contributed by atoms with E-state index in [9.17, 15) is 0 Å². The molecule has 19 heavy (non-hydrogen) atoms. The zero-order valence-electron chi connectivity index (χ0n) is 10.4. The minimum atomic E-state index is 0.542. The Morgan fingerprint density at radius 3 is 2.84 bits per heavy atom. The number of unbranched alkanes of at least 4 members (excludes halogenated alkanes) is 1. The average Bonchev–Trinajstić information content (AvgIpc) is 2.41. The van der Waals surface area contributed by atoms with Gasteiger partial charge >= 0.3 is 33.3 Å². The van der Waals surface area contributed by atoms with E-state index in [1.54, 1.807) is 12.4 Å². The monoisotopic (exact) mass is 369 g/mol. The van der Waals surface area contributed by atoms with Crippen molar-refractivity contribution in [3.8, 4) is 0 Å². The van der Waals surface area contributed by atoms with Gasteiger partial charge in [0.05, 0.1) is 11.9 Å². The molecule has 0 amide bonds. The molecule has 0 radical (unpaired) electrons. The van der Waals surface area contributed by atoms with E-state index < -0.39 is 0 Å². The van der Waals surface area contributed by atoms with Gasteiger partial charge in [-0.1, -0.05) is 19.4 Å². The topological polar surface area (TPSA) is 49.3 Å². The van der Waals surface area contributed by atoms with Crippen LogP contribution in [0.15, 0.2) is 29.5 Å². The van der Waals surface area contributed by atoms with Crippen molar-refractivity contribution < 1.29 is 13.1 Å². The molecule has 0 aliphatic rings. The van der Waals surface area contributed by atoms with Crippen molar-refractivity contribution in [2.75, 3.05) is 6.54 Å². The van der Waals surface area contributed by atoms with E-state index in [1.807, 2.05) is 18.2 Å². The van der Waals surface area contributed by atoms with E-state index in [0.717, 1.165) is 38.2 Å². The predicted octanol–water partition coefficient (Wildman–Crippen LogP) is 3.06. The zero-order valence-corrected chi connectivity index (χ0v) is 13.6. The molecule has 0 aromatic carbocycles. The third-order valence-corrected chi connectivity index (χ3v) is 2.10. The number of nitrogens with one attached hydrogen (secondary N) is 2. The van der Waals surface area contributed by atoms with Gasteiger partial charge in [0, 0.05) is 12.7 Å². The third kappa shape index (κ3) is 12.4. The Hall–Kier alpha value is -0.391. The third-order valence-electron chi connectivity index (χ3n) is 1.87. The van der Waals surface area contributed by atoms with Crippen molar-refractivity contribution in [1.82, 2.24) is 15.7 Å². The van der Waals surface area contributed by atoms with Crippen molar-refractivity contribution in [3.63, 3.8) is 0 Å². The summed E-state index contributed by atoms with van der Waals surface area (Å²) in [7, 11) is 9.34. The van der Waals surface area contributed by atoms with E-state index in [4.69, 9.17) is 12.2 Å². The fourth-order valence-corrected chi connectivity index (χ4v) is 1.18. The summed E-state index contributed by atoms with van der Waals surface area (Å²) in [6, 6.07) is 5.65. The zero-order chi connectivity index (χ0) is 14.3. The molecule has 1 aromatic rings. The minimum absolute atomic E-state index is 0.542. The second-order valence-corrected chi connectivity index (χ2v) is 5.24. The van der Waals surface area contributed by atoms with E-state index in [2.05, 4.69) is 47.9 Å². The number of halogens is 2. The fraction of sp³-hybridized carbons (Fsp3) is 0.364. The van der Waals surface area contributed by atoms with Crippen molar-refractivity contribution in [3.05, 3.63) is 30.1 Å². The number of rotatable bonds is 5. The van der Waals surface area contributed by atoms with Crippen LogP contribution in [0.5, 0.6) is 0 Å². The predicted molar refractivity (Wildman–Crippen MR) is 82.2 cm³/mol. The fourth-order valence-electron chi connectivity index (χ4n) is 1.03. The molecule has 1 heterocycles. The van der Waals surface area contributed by atoms with Gasteiger partial charge in [0.1, 0.15) is 0 Å². The number of nitrogens with zero attached hydrogens (tertiary/aromatic N) is 2. The number of pyridine rings is 1.